The van der Waals surface area contributed by atoms with Crippen molar-refractivity contribution in [2.24, 2.45) is 0 Å². The van der Waals surface area contributed by atoms with Crippen molar-refractivity contribution in [3.63, 3.8) is 0 Å². The van der Waals surface area contributed by atoms with Crippen LogP contribution in [0.4, 0.5) is 0 Å². The molecule has 0 fully saturated rings. The second-order valence-electron chi connectivity index (χ2n) is 6.42. The van der Waals surface area contributed by atoms with Crippen LogP contribution >= 0.6 is 15.9 Å². The van der Waals surface area contributed by atoms with Crippen LogP contribution < -0.4 is 0 Å². The van der Waals surface area contributed by atoms with Crippen LogP contribution in [-0.2, 0) is 0 Å². The van der Waals surface area contributed by atoms with E-state index in [0.717, 1.165) is 5.65 Å². The van der Waals surface area contributed by atoms with E-state index in [-0.39, 0.29) is 0 Å². The van der Waals surface area contributed by atoms with Crippen LogP contribution in [0.2, 0.25) is 18.1 Å². The molecule has 0 aliphatic rings. The molecule has 2 heterocycles. The summed E-state index contributed by atoms with van der Waals surface area (Å²) in [6, 6.07) is 4.14. The average Bonchev–Trinajstić information content (AvgIpc) is 2.51. The molecule has 0 unspecified atom stereocenters. The first-order valence-electron chi connectivity index (χ1n) is 6.30. The van der Waals surface area contributed by atoms with Crippen LogP contribution in [0, 0.1) is 6.92 Å². The largest absolute Gasteiger partial charge is 0.356 e. The fourth-order valence-corrected chi connectivity index (χ4v) is 5.20. The first kappa shape index (κ1) is 13.8. The van der Waals surface area contributed by atoms with Gasteiger partial charge < -0.3 is 4.23 Å². The summed E-state index contributed by atoms with van der Waals surface area (Å²) in [7, 11) is -1.64. The number of halogens is 1. The zero-order valence-electron chi connectivity index (χ0n) is 12.0. The maximum Gasteiger partial charge on any atom is 0.163 e. The normalized spacial score (nSPS) is 13.3. The van der Waals surface area contributed by atoms with Gasteiger partial charge in [-0.2, -0.15) is 0 Å². The average molecular weight is 325 g/mol. The Morgan fingerprint density at radius 2 is 1.89 bits per heavy atom. The Balaban J connectivity index is 2.84. The Morgan fingerprint density at radius 3 is 2.44 bits per heavy atom. The van der Waals surface area contributed by atoms with Gasteiger partial charge in [-0.3, -0.25) is 0 Å². The third-order valence-corrected chi connectivity index (χ3v) is 10.6. The number of rotatable bonds is 1. The van der Waals surface area contributed by atoms with E-state index in [1.165, 1.54) is 15.6 Å². The molecule has 2 aromatic rings. The van der Waals surface area contributed by atoms with Gasteiger partial charge in [-0.05, 0) is 40.0 Å². The Hall–Kier alpha value is -0.613. The van der Waals surface area contributed by atoms with Crippen LogP contribution in [0.1, 0.15) is 26.5 Å². The quantitative estimate of drug-likeness (QED) is 0.678. The number of nitrogens with zero attached hydrogens (tertiary/aromatic N) is 2. The fraction of sp³-hybridized carbons (Fsp3) is 0.500. The molecule has 2 rings (SSSR count). The lowest BCUT2D eigenvalue weighted by Crippen LogP contribution is -2.46. The zero-order chi connectivity index (χ0) is 13.7. The number of fused-ring (bicyclic) bond motifs is 1. The molecule has 0 bridgehead atoms. The van der Waals surface area contributed by atoms with Crippen LogP contribution in [0.25, 0.3) is 11.0 Å². The number of pyridine rings is 1. The zero-order valence-corrected chi connectivity index (χ0v) is 14.6. The summed E-state index contributed by atoms with van der Waals surface area (Å²) in [6.45, 7) is 14.0. The lowest BCUT2D eigenvalue weighted by molar-refractivity contribution is 0.699. The van der Waals surface area contributed by atoms with Gasteiger partial charge in [-0.1, -0.05) is 33.9 Å². The van der Waals surface area contributed by atoms with Crippen molar-refractivity contribution in [2.75, 3.05) is 0 Å². The summed E-state index contributed by atoms with van der Waals surface area (Å²) in [5.74, 6) is 0. The van der Waals surface area contributed by atoms with Crippen LogP contribution in [0.15, 0.2) is 22.8 Å². The van der Waals surface area contributed by atoms with Crippen molar-refractivity contribution in [3.05, 3.63) is 28.5 Å². The van der Waals surface area contributed by atoms with Gasteiger partial charge >= 0.3 is 0 Å². The lowest BCUT2D eigenvalue weighted by atomic mass is 10.2. The summed E-state index contributed by atoms with van der Waals surface area (Å²) in [6.07, 6.45) is 1.89. The molecule has 0 amide bonds. The van der Waals surface area contributed by atoms with Gasteiger partial charge in [-0.25, -0.2) is 4.98 Å². The minimum absolute atomic E-state index is 0.292. The molecule has 0 aliphatic heterocycles. The second kappa shape index (κ2) is 4.20. The number of aromatic nitrogens is 2. The van der Waals surface area contributed by atoms with Gasteiger partial charge in [0.25, 0.3) is 0 Å². The molecule has 0 spiro atoms. The van der Waals surface area contributed by atoms with E-state index in [4.69, 9.17) is 0 Å². The molecule has 18 heavy (non-hydrogen) atoms. The minimum atomic E-state index is -1.64. The molecule has 4 heteroatoms. The maximum absolute atomic E-state index is 4.61. The molecule has 98 valence electrons. The van der Waals surface area contributed by atoms with Crippen LogP contribution in [0.5, 0.6) is 0 Å². The Bertz CT molecular complexity index is 594. The molecule has 2 aromatic heterocycles. The minimum Gasteiger partial charge on any atom is -0.356 e. The molecule has 0 aromatic carbocycles. The molecule has 0 saturated heterocycles. The summed E-state index contributed by atoms with van der Waals surface area (Å²) >= 11 is 3.72. The van der Waals surface area contributed by atoms with Gasteiger partial charge in [-0.15, -0.1) is 0 Å². The molecule has 0 N–H and O–H groups in total. The van der Waals surface area contributed by atoms with E-state index in [9.17, 15) is 0 Å². The first-order chi connectivity index (χ1) is 8.18. The third kappa shape index (κ3) is 1.86. The topological polar surface area (TPSA) is 17.8 Å². The van der Waals surface area contributed by atoms with Crippen molar-refractivity contribution in [1.29, 1.82) is 0 Å². The summed E-state index contributed by atoms with van der Waals surface area (Å²) in [5, 5.41) is 1.51. The SMILES string of the molecule is Cc1c(Br)c2cccnc2n1[Si](C)(C)C(C)(C)C. The molecule has 2 nitrogen and oxygen atoms in total. The predicted octanol–water partition coefficient (Wildman–Crippen LogP) is 4.96. The summed E-state index contributed by atoms with van der Waals surface area (Å²) in [4.78, 5) is 4.61. The highest BCUT2D eigenvalue weighted by Crippen LogP contribution is 2.41. The van der Waals surface area contributed by atoms with Crippen molar-refractivity contribution in [2.45, 2.75) is 45.8 Å². The highest BCUT2D eigenvalue weighted by atomic mass is 79.9. The van der Waals surface area contributed by atoms with Gasteiger partial charge in [0.1, 0.15) is 5.65 Å². The Labute approximate surface area is 119 Å². The highest BCUT2D eigenvalue weighted by Gasteiger charge is 2.40. The lowest BCUT2D eigenvalue weighted by Gasteiger charge is -2.39. The molecular weight excluding hydrogens is 304 g/mol. The molecule has 0 radical (unpaired) electrons. The number of hydrogen-bond donors (Lipinski definition) is 0. The van der Waals surface area contributed by atoms with Crippen molar-refractivity contribution in [1.82, 2.24) is 9.22 Å². The van der Waals surface area contributed by atoms with Crippen molar-refractivity contribution >= 4 is 35.2 Å². The van der Waals surface area contributed by atoms with Crippen LogP contribution in [-0.4, -0.2) is 17.5 Å². The van der Waals surface area contributed by atoms with Gasteiger partial charge in [0.2, 0.25) is 0 Å². The molecular formula is C14H21BrN2Si. The van der Waals surface area contributed by atoms with Gasteiger partial charge in [0.05, 0.1) is 0 Å². The molecule has 0 aliphatic carbocycles. The van der Waals surface area contributed by atoms with E-state index >= 15 is 0 Å². The Morgan fingerprint density at radius 1 is 1.28 bits per heavy atom. The van der Waals surface area contributed by atoms with E-state index in [2.05, 4.69) is 72.0 Å². The van der Waals surface area contributed by atoms with Crippen molar-refractivity contribution < 1.29 is 0 Å². The second-order valence-corrected chi connectivity index (χ2v) is 12.3. The van der Waals surface area contributed by atoms with Crippen LogP contribution in [0.3, 0.4) is 0 Å². The summed E-state index contributed by atoms with van der Waals surface area (Å²) in [5.41, 5.74) is 2.42. The highest BCUT2D eigenvalue weighted by molar-refractivity contribution is 9.10. The molecule has 0 saturated carbocycles. The number of hydrogen-bond acceptors (Lipinski definition) is 1. The summed E-state index contributed by atoms with van der Waals surface area (Å²) < 4.78 is 3.68. The van der Waals surface area contributed by atoms with E-state index in [1.54, 1.807) is 0 Å². The van der Waals surface area contributed by atoms with Crippen molar-refractivity contribution in [3.8, 4) is 0 Å². The maximum atomic E-state index is 4.61. The van der Waals surface area contributed by atoms with E-state index in [1.807, 2.05) is 12.3 Å². The smallest absolute Gasteiger partial charge is 0.163 e. The van der Waals surface area contributed by atoms with Gasteiger partial charge in [0, 0.05) is 21.7 Å². The van der Waals surface area contributed by atoms with E-state index < -0.39 is 8.24 Å². The monoisotopic (exact) mass is 324 g/mol. The molecule has 0 atom stereocenters. The van der Waals surface area contributed by atoms with Gasteiger partial charge in [0.15, 0.2) is 8.24 Å². The third-order valence-electron chi connectivity index (χ3n) is 4.28. The fourth-order valence-electron chi connectivity index (χ4n) is 2.22. The Kier molecular flexibility index (Phi) is 3.22. The van der Waals surface area contributed by atoms with E-state index in [0.29, 0.717) is 5.04 Å². The predicted molar refractivity (Wildman–Crippen MR) is 84.8 cm³/mol. The standard InChI is InChI=1S/C14H21BrN2Si/c1-10-12(15)11-8-7-9-16-13(11)17(10)18(5,6)14(2,3)4/h7-9H,1-6H3. The first-order valence-corrected chi connectivity index (χ1v) is 10.0.